The quantitative estimate of drug-likeness (QED) is 0.121. The lowest BCUT2D eigenvalue weighted by molar-refractivity contribution is 0.627. The first kappa shape index (κ1) is 42.2. The van der Waals surface area contributed by atoms with Crippen molar-refractivity contribution in [2.75, 3.05) is 9.80 Å². The van der Waals surface area contributed by atoms with Gasteiger partial charge in [0.1, 0.15) is 0 Å². The second kappa shape index (κ2) is 14.7. The van der Waals surface area contributed by atoms with Gasteiger partial charge in [-0.25, -0.2) is 0 Å². The number of hydrogen-bond donors (Lipinski definition) is 0. The van der Waals surface area contributed by atoms with Crippen molar-refractivity contribution in [3.63, 3.8) is 0 Å². The molecule has 0 amide bonds. The Morgan fingerprint density at radius 3 is 1.54 bits per heavy atom. The molecular weight excluding hydrogens is 857 g/mol. The van der Waals surface area contributed by atoms with E-state index in [1.54, 1.807) is 0 Å². The molecule has 0 saturated heterocycles. The van der Waals surface area contributed by atoms with Crippen molar-refractivity contribution in [2.45, 2.75) is 84.5 Å². The summed E-state index contributed by atoms with van der Waals surface area (Å²) in [6.45, 7) is 19.0. The summed E-state index contributed by atoms with van der Waals surface area (Å²) >= 11 is 0. The van der Waals surface area contributed by atoms with Gasteiger partial charge in [-0.3, -0.25) is 0 Å². The monoisotopic (exact) mass is 914 g/mol. The van der Waals surface area contributed by atoms with Crippen LogP contribution >= 0.6 is 0 Å². The molecule has 2 heteroatoms. The minimum Gasteiger partial charge on any atom is -0.309 e. The zero-order chi connectivity index (χ0) is 48.3. The molecule has 0 saturated carbocycles. The maximum atomic E-state index is 2.61. The number of anilines is 6. The number of hydrogen-bond acceptors (Lipinski definition) is 2. The number of rotatable bonds is 6. The van der Waals surface area contributed by atoms with Gasteiger partial charge in [0.2, 0.25) is 0 Å². The Bertz CT molecular complexity index is 4050. The van der Waals surface area contributed by atoms with E-state index in [0.29, 0.717) is 0 Å². The van der Waals surface area contributed by atoms with E-state index >= 15 is 0 Å². The van der Waals surface area contributed by atoms with Crippen LogP contribution in [0.3, 0.4) is 0 Å². The SMILES string of the molecule is CCc1ccccc1N(c1cc2c(cc1CC)-c1ccccc1C2(C)C)c1ccc2c3cccc4c(N5c6ccccc6C(C)(C)c6cc7c(cc65)C(C)(C)c5ccccc5-7)ccc(c5cccc1c25)c43. The van der Waals surface area contributed by atoms with Crippen molar-refractivity contribution in [1.29, 1.82) is 0 Å². The van der Waals surface area contributed by atoms with E-state index < -0.39 is 0 Å². The van der Waals surface area contributed by atoms with Gasteiger partial charge < -0.3 is 9.80 Å². The van der Waals surface area contributed by atoms with Crippen LogP contribution in [0.15, 0.2) is 182 Å². The van der Waals surface area contributed by atoms with Gasteiger partial charge in [-0.1, -0.05) is 189 Å². The highest BCUT2D eigenvalue weighted by Crippen LogP contribution is 2.59. The van der Waals surface area contributed by atoms with Crippen LogP contribution < -0.4 is 9.80 Å². The van der Waals surface area contributed by atoms with Gasteiger partial charge in [-0.2, -0.15) is 0 Å². The van der Waals surface area contributed by atoms with Crippen molar-refractivity contribution in [2.24, 2.45) is 0 Å². The normalized spacial score (nSPS) is 15.5. The van der Waals surface area contributed by atoms with Crippen molar-refractivity contribution in [3.8, 4) is 22.3 Å². The predicted octanol–water partition coefficient (Wildman–Crippen LogP) is 19.1. The Morgan fingerprint density at radius 2 is 0.845 bits per heavy atom. The molecule has 0 N–H and O–H groups in total. The average Bonchev–Trinajstić information content (AvgIpc) is 3.76. The number of fused-ring (bicyclic) bond motifs is 10. The highest BCUT2D eigenvalue weighted by Gasteiger charge is 2.43. The molecular formula is C69H58N2. The van der Waals surface area contributed by atoms with Gasteiger partial charge in [0.05, 0.1) is 22.7 Å². The summed E-state index contributed by atoms with van der Waals surface area (Å²) in [5, 5.41) is 10.3. The summed E-state index contributed by atoms with van der Waals surface area (Å²) in [6.07, 6.45) is 1.86. The molecule has 2 nitrogen and oxygen atoms in total. The lowest BCUT2D eigenvalue weighted by Crippen LogP contribution is -2.31. The van der Waals surface area contributed by atoms with Crippen LogP contribution in [0.5, 0.6) is 0 Å². The summed E-state index contributed by atoms with van der Waals surface area (Å²) in [6, 6.07) is 70.2. The molecule has 0 bridgehead atoms. The highest BCUT2D eigenvalue weighted by atomic mass is 15.2. The largest absolute Gasteiger partial charge is 0.309 e. The maximum absolute atomic E-state index is 2.61. The zero-order valence-electron chi connectivity index (χ0n) is 42.1. The third kappa shape index (κ3) is 5.54. The molecule has 11 aromatic carbocycles. The summed E-state index contributed by atoms with van der Waals surface area (Å²) in [4.78, 5) is 5.21. The Kier molecular flexibility index (Phi) is 8.73. The molecule has 344 valence electrons. The molecule has 0 unspecified atom stereocenters. The van der Waals surface area contributed by atoms with Crippen molar-refractivity contribution >= 4 is 77.2 Å². The summed E-state index contributed by atoms with van der Waals surface area (Å²) < 4.78 is 0. The molecule has 1 heterocycles. The predicted molar refractivity (Wildman–Crippen MR) is 303 cm³/mol. The smallest absolute Gasteiger partial charge is 0.0540 e. The molecule has 0 radical (unpaired) electrons. The first-order valence-electron chi connectivity index (χ1n) is 25.9. The number of para-hydroxylation sites is 2. The van der Waals surface area contributed by atoms with Gasteiger partial charge in [-0.15, -0.1) is 0 Å². The van der Waals surface area contributed by atoms with Crippen LogP contribution in [-0.4, -0.2) is 0 Å². The summed E-state index contributed by atoms with van der Waals surface area (Å²) in [5.74, 6) is 0. The fraction of sp³-hybridized carbons (Fsp3) is 0.188. The van der Waals surface area contributed by atoms with E-state index in [1.165, 1.54) is 144 Å². The summed E-state index contributed by atoms with van der Waals surface area (Å²) in [7, 11) is 0. The standard InChI is InChI=1S/C69H58N2/c1-9-41-21-11-17-31-59(41)70(63-39-56-51(37-42(63)10-2)43-22-12-14-28-53(43)67(56,3)4)60-35-33-47-46-25-20-27-50-61(36-34-48(66(46)50)45-24-19-26-49(60)65(45)47)71-62-32-18-16-30-55(62)69(7,8)58-38-52-44-23-13-15-29-54(44)68(5,6)57(52)40-64(58)71/h11-40H,9-10H2,1-8H3. The van der Waals surface area contributed by atoms with Crippen LogP contribution in [-0.2, 0) is 29.1 Å². The van der Waals surface area contributed by atoms with E-state index in [4.69, 9.17) is 0 Å². The van der Waals surface area contributed by atoms with Crippen LogP contribution in [0.25, 0.3) is 65.3 Å². The second-order valence-electron chi connectivity index (χ2n) is 22.2. The molecule has 71 heavy (non-hydrogen) atoms. The average molecular weight is 915 g/mol. The first-order valence-corrected chi connectivity index (χ1v) is 25.9. The molecule has 14 rings (SSSR count). The van der Waals surface area contributed by atoms with Crippen LogP contribution in [0.1, 0.15) is 99.9 Å². The number of benzene rings is 11. The number of aryl methyl sites for hydroxylation is 2. The lowest BCUT2D eigenvalue weighted by atomic mass is 9.71. The highest BCUT2D eigenvalue weighted by molar-refractivity contribution is 6.35. The van der Waals surface area contributed by atoms with E-state index in [-0.39, 0.29) is 16.2 Å². The van der Waals surface area contributed by atoms with Crippen molar-refractivity contribution < 1.29 is 0 Å². The third-order valence-corrected chi connectivity index (χ3v) is 17.5. The van der Waals surface area contributed by atoms with Gasteiger partial charge in [-0.05, 0) is 160 Å². The molecule has 11 aromatic rings. The number of nitrogens with zero attached hydrogens (tertiary/aromatic N) is 2. The lowest BCUT2D eigenvalue weighted by Gasteiger charge is -2.43. The maximum Gasteiger partial charge on any atom is 0.0540 e. The van der Waals surface area contributed by atoms with E-state index in [2.05, 4.69) is 247 Å². The van der Waals surface area contributed by atoms with Crippen molar-refractivity contribution in [3.05, 3.63) is 226 Å². The fourth-order valence-electron chi connectivity index (χ4n) is 13.9. The molecule has 0 fully saturated rings. The van der Waals surface area contributed by atoms with Crippen molar-refractivity contribution in [1.82, 2.24) is 0 Å². The Hall–Kier alpha value is -7.68. The molecule has 1 aliphatic heterocycles. The topological polar surface area (TPSA) is 6.48 Å². The minimum absolute atomic E-state index is 0.121. The Labute approximate surface area is 418 Å². The van der Waals surface area contributed by atoms with Gasteiger partial charge >= 0.3 is 0 Å². The Morgan fingerprint density at radius 1 is 0.324 bits per heavy atom. The molecule has 0 spiro atoms. The van der Waals surface area contributed by atoms with Crippen LogP contribution in [0.4, 0.5) is 34.1 Å². The first-order chi connectivity index (χ1) is 34.4. The fourth-order valence-corrected chi connectivity index (χ4v) is 13.9. The third-order valence-electron chi connectivity index (χ3n) is 17.5. The minimum atomic E-state index is -0.206. The zero-order valence-corrected chi connectivity index (χ0v) is 42.1. The molecule has 3 aliphatic rings. The van der Waals surface area contributed by atoms with Gasteiger partial charge in [0.15, 0.2) is 0 Å². The van der Waals surface area contributed by atoms with Gasteiger partial charge in [0.25, 0.3) is 0 Å². The van der Waals surface area contributed by atoms with E-state index in [9.17, 15) is 0 Å². The molecule has 0 atom stereocenters. The second-order valence-corrected chi connectivity index (χ2v) is 22.2. The van der Waals surface area contributed by atoms with Gasteiger partial charge in [0, 0.05) is 38.4 Å². The van der Waals surface area contributed by atoms with Crippen LogP contribution in [0, 0.1) is 0 Å². The molecule has 0 aromatic heterocycles. The Balaban J connectivity index is 1.01. The van der Waals surface area contributed by atoms with E-state index in [1.807, 2.05) is 0 Å². The molecule has 2 aliphatic carbocycles. The summed E-state index contributed by atoms with van der Waals surface area (Å²) in [5.41, 5.74) is 23.5. The van der Waals surface area contributed by atoms with Crippen LogP contribution in [0.2, 0.25) is 0 Å². The van der Waals surface area contributed by atoms with E-state index in [0.717, 1.165) is 12.8 Å².